The van der Waals surface area contributed by atoms with Crippen LogP contribution in [0.15, 0.2) is 36.4 Å². The highest BCUT2D eigenvalue weighted by atomic mass is 31.1. The zero-order valence-electron chi connectivity index (χ0n) is 15.8. The van der Waals surface area contributed by atoms with Gasteiger partial charge in [0.05, 0.1) is 17.7 Å². The number of carbonyl (C=O) groups excluding carboxylic acids is 1. The van der Waals surface area contributed by atoms with Crippen molar-refractivity contribution in [3.05, 3.63) is 58.7 Å². The summed E-state index contributed by atoms with van der Waals surface area (Å²) in [5.41, 5.74) is -5.18. The van der Waals surface area contributed by atoms with Crippen molar-refractivity contribution in [2.45, 2.75) is 33.1 Å². The van der Waals surface area contributed by atoms with Gasteiger partial charge >= 0.3 is 12.4 Å². The lowest BCUT2D eigenvalue weighted by Crippen LogP contribution is -2.19. The van der Waals surface area contributed by atoms with Crippen LogP contribution < -0.4 is 10.0 Å². The van der Waals surface area contributed by atoms with Crippen molar-refractivity contribution in [1.29, 1.82) is 0 Å². The van der Waals surface area contributed by atoms with Crippen LogP contribution in [0, 0.1) is 12.8 Å². The molecule has 0 bridgehead atoms. The van der Waals surface area contributed by atoms with E-state index in [1.165, 1.54) is 6.07 Å². The normalized spacial score (nSPS) is 12.8. The van der Waals surface area contributed by atoms with Crippen LogP contribution in [0.3, 0.4) is 0 Å². The van der Waals surface area contributed by atoms with E-state index in [2.05, 4.69) is 0 Å². The van der Waals surface area contributed by atoms with E-state index in [1.54, 1.807) is 19.1 Å². The molecule has 2 nitrogen and oxygen atoms in total. The smallest absolute Gasteiger partial charge is 0.417 e. The molecule has 158 valence electrons. The number of benzene rings is 2. The van der Waals surface area contributed by atoms with Crippen LogP contribution >= 0.6 is 8.58 Å². The van der Waals surface area contributed by atoms with Crippen molar-refractivity contribution in [2.75, 3.05) is 6.61 Å². The van der Waals surface area contributed by atoms with Crippen molar-refractivity contribution in [3.8, 4) is 5.75 Å². The van der Waals surface area contributed by atoms with Gasteiger partial charge in [0.2, 0.25) is 0 Å². The topological polar surface area (TPSA) is 26.3 Å². The molecule has 29 heavy (non-hydrogen) atoms. The Hall–Kier alpha value is -2.08. The zero-order valence-corrected chi connectivity index (χ0v) is 16.8. The van der Waals surface area contributed by atoms with Crippen LogP contribution in [0.2, 0.25) is 0 Å². The predicted octanol–water partition coefficient (Wildman–Crippen LogP) is 6.21. The van der Waals surface area contributed by atoms with E-state index >= 15 is 0 Å². The van der Waals surface area contributed by atoms with E-state index in [1.807, 2.05) is 13.8 Å². The maximum absolute atomic E-state index is 13.3. The van der Waals surface area contributed by atoms with Crippen molar-refractivity contribution in [1.82, 2.24) is 0 Å². The first-order chi connectivity index (χ1) is 13.3. The monoisotopic (exact) mass is 436 g/mol. The van der Waals surface area contributed by atoms with Crippen molar-refractivity contribution >= 4 is 19.4 Å². The second kappa shape index (κ2) is 8.74. The lowest BCUT2D eigenvalue weighted by Gasteiger charge is -2.18. The minimum Gasteiger partial charge on any atom is -0.493 e. The van der Waals surface area contributed by atoms with Crippen LogP contribution in [0.1, 0.15) is 40.9 Å². The molecule has 0 saturated heterocycles. The quantitative estimate of drug-likeness (QED) is 0.398. The number of carbonyl (C=O) groups is 1. The Kier molecular flexibility index (Phi) is 6.99. The highest BCUT2D eigenvalue weighted by molar-refractivity contribution is 7.66. The van der Waals surface area contributed by atoms with Gasteiger partial charge < -0.3 is 4.74 Å². The molecular weight excluding hydrogens is 417 g/mol. The van der Waals surface area contributed by atoms with E-state index in [-0.39, 0.29) is 5.92 Å². The van der Waals surface area contributed by atoms with Gasteiger partial charge in [0, 0.05) is 5.56 Å². The third-order valence-electron chi connectivity index (χ3n) is 3.93. The SMILES string of the molecule is Cc1cc(OCC(C)C)ccc1PC(=O)c1c(C(F)(F)F)cccc1C(F)(F)F. The van der Waals surface area contributed by atoms with Crippen molar-refractivity contribution in [3.63, 3.8) is 0 Å². The van der Waals surface area contributed by atoms with Gasteiger partial charge in [-0.1, -0.05) is 26.0 Å². The third kappa shape index (κ3) is 5.95. The molecule has 2 rings (SSSR count). The van der Waals surface area contributed by atoms with Crippen LogP contribution in [-0.4, -0.2) is 12.1 Å². The molecule has 0 spiro atoms. The van der Waals surface area contributed by atoms with E-state index in [0.29, 0.717) is 41.4 Å². The summed E-state index contributed by atoms with van der Waals surface area (Å²) in [7, 11) is -0.895. The molecule has 1 unspecified atom stereocenters. The summed E-state index contributed by atoms with van der Waals surface area (Å²) in [6.45, 7) is 5.99. The zero-order chi connectivity index (χ0) is 22.0. The van der Waals surface area contributed by atoms with Crippen molar-refractivity contribution in [2.24, 2.45) is 5.92 Å². The predicted molar refractivity (Wildman–Crippen MR) is 100 cm³/mol. The molecule has 0 aliphatic heterocycles. The van der Waals surface area contributed by atoms with Gasteiger partial charge in [-0.2, -0.15) is 26.3 Å². The number of hydrogen-bond donors (Lipinski definition) is 0. The van der Waals surface area contributed by atoms with Gasteiger partial charge in [0.15, 0.2) is 5.52 Å². The molecule has 2 aromatic carbocycles. The Morgan fingerprint density at radius 2 is 1.55 bits per heavy atom. The van der Waals surface area contributed by atoms with E-state index in [0.717, 1.165) is 0 Å². The number of rotatable bonds is 6. The fourth-order valence-corrected chi connectivity index (χ4v) is 3.66. The lowest BCUT2D eigenvalue weighted by molar-refractivity contribution is -0.143. The highest BCUT2D eigenvalue weighted by Crippen LogP contribution is 2.41. The van der Waals surface area contributed by atoms with Crippen molar-refractivity contribution < 1.29 is 35.9 Å². The molecule has 2 aromatic rings. The molecule has 0 aliphatic carbocycles. The van der Waals surface area contributed by atoms with Gasteiger partial charge in [0.1, 0.15) is 5.75 Å². The summed E-state index contributed by atoms with van der Waals surface area (Å²) >= 11 is 0. The van der Waals surface area contributed by atoms with Gasteiger partial charge in [-0.3, -0.25) is 4.79 Å². The Balaban J connectivity index is 2.41. The lowest BCUT2D eigenvalue weighted by atomic mass is 10.0. The number of halogens is 6. The summed E-state index contributed by atoms with van der Waals surface area (Å²) in [6.07, 6.45) is -10.2. The Bertz CT molecular complexity index is 855. The van der Waals surface area contributed by atoms with Crippen LogP contribution in [0.25, 0.3) is 0 Å². The molecule has 1 atom stereocenters. The fraction of sp³-hybridized carbons (Fsp3) is 0.350. The minimum absolute atomic E-state index is 0.276. The molecule has 0 saturated carbocycles. The molecule has 0 heterocycles. The second-order valence-electron chi connectivity index (χ2n) is 6.86. The minimum atomic E-state index is -5.08. The first-order valence-electron chi connectivity index (χ1n) is 8.63. The molecule has 0 aromatic heterocycles. The molecule has 0 aliphatic rings. The second-order valence-corrected chi connectivity index (χ2v) is 8.10. The number of alkyl halides is 6. The fourth-order valence-electron chi connectivity index (χ4n) is 2.58. The molecule has 0 radical (unpaired) electrons. The summed E-state index contributed by atoms with van der Waals surface area (Å²) in [4.78, 5) is 12.6. The molecule has 0 fully saturated rings. The molecule has 9 heteroatoms. The maximum atomic E-state index is 13.3. The highest BCUT2D eigenvalue weighted by Gasteiger charge is 2.42. The van der Waals surface area contributed by atoms with Crippen LogP contribution in [-0.2, 0) is 12.4 Å². The van der Waals surface area contributed by atoms with Gasteiger partial charge in [-0.05, 0) is 56.6 Å². The summed E-state index contributed by atoms with van der Waals surface area (Å²) in [5, 5.41) is 0.358. The largest absolute Gasteiger partial charge is 0.493 e. The third-order valence-corrected chi connectivity index (χ3v) is 5.24. The Labute approximate surface area is 166 Å². The first kappa shape index (κ1) is 23.2. The Morgan fingerprint density at radius 1 is 1.00 bits per heavy atom. The van der Waals surface area contributed by atoms with Crippen LogP contribution in [0.5, 0.6) is 5.75 Å². The van der Waals surface area contributed by atoms with E-state index in [9.17, 15) is 31.1 Å². The number of ether oxygens (including phenoxy) is 1. The van der Waals surface area contributed by atoms with Gasteiger partial charge in [0.25, 0.3) is 0 Å². The Morgan fingerprint density at radius 3 is 2.00 bits per heavy atom. The maximum Gasteiger partial charge on any atom is 0.417 e. The molecule has 0 N–H and O–H groups in total. The number of hydrogen-bond acceptors (Lipinski definition) is 2. The first-order valence-corrected chi connectivity index (χ1v) is 9.63. The standard InChI is InChI=1S/C20H19F6O2P/c1-11(2)10-28-13-7-8-16(12(3)9-13)29-18(27)17-14(19(21,22)23)5-4-6-15(17)20(24,25)26/h4-9,11,29H,10H2,1-3H3. The summed E-state index contributed by atoms with van der Waals surface area (Å²) in [5.74, 6) is 0.793. The van der Waals surface area contributed by atoms with Crippen LogP contribution in [0.4, 0.5) is 26.3 Å². The average Bonchev–Trinajstić information content (AvgIpc) is 2.59. The summed E-state index contributed by atoms with van der Waals surface area (Å²) in [6, 6.07) is 6.28. The van der Waals surface area contributed by atoms with E-state index in [4.69, 9.17) is 4.74 Å². The average molecular weight is 436 g/mol. The number of aryl methyl sites for hydroxylation is 1. The molecular formula is C20H19F6O2P. The van der Waals surface area contributed by atoms with E-state index < -0.39 is 43.1 Å². The summed E-state index contributed by atoms with van der Waals surface area (Å²) < 4.78 is 85.1. The van der Waals surface area contributed by atoms with Gasteiger partial charge in [-0.25, -0.2) is 0 Å². The molecule has 0 amide bonds. The van der Waals surface area contributed by atoms with Gasteiger partial charge in [-0.15, -0.1) is 0 Å².